The number of amides is 1. The number of hydrogen-bond acceptors (Lipinski definition) is 2. The van der Waals surface area contributed by atoms with Crippen molar-refractivity contribution in [1.29, 1.82) is 0 Å². The van der Waals surface area contributed by atoms with E-state index in [1.54, 1.807) is 6.21 Å². The molecule has 0 radical (unpaired) electrons. The second kappa shape index (κ2) is 12.6. The zero-order valence-electron chi connectivity index (χ0n) is 14.6. The first kappa shape index (κ1) is 19.1. The molecular formula is C20H30N2O. The summed E-state index contributed by atoms with van der Waals surface area (Å²) in [5.41, 5.74) is 4.74. The molecule has 3 heteroatoms. The Bertz CT molecular complexity index is 492. The number of hydrazone groups is 1. The Morgan fingerprint density at radius 2 is 1.70 bits per heavy atom. The van der Waals surface area contributed by atoms with Gasteiger partial charge in [-0.05, 0) is 24.5 Å². The minimum absolute atomic E-state index is 0.00215. The molecule has 0 spiro atoms. The molecule has 0 saturated carbocycles. The summed E-state index contributed by atoms with van der Waals surface area (Å²) in [6.07, 6.45) is 12.8. The van der Waals surface area contributed by atoms with Gasteiger partial charge in [-0.2, -0.15) is 5.10 Å². The number of hydrogen-bond donors (Lipinski definition) is 1. The van der Waals surface area contributed by atoms with E-state index in [0.29, 0.717) is 6.42 Å². The summed E-state index contributed by atoms with van der Waals surface area (Å²) in [6.45, 7) is 4.20. The smallest absolute Gasteiger partial charge is 0.240 e. The van der Waals surface area contributed by atoms with Crippen molar-refractivity contribution < 1.29 is 4.79 Å². The highest BCUT2D eigenvalue weighted by Crippen LogP contribution is 2.08. The number of nitrogens with zero attached hydrogens (tertiary/aromatic N) is 1. The monoisotopic (exact) mass is 314 g/mol. The Labute approximate surface area is 140 Å². The number of carbonyl (C=O) groups is 1. The molecule has 0 aliphatic carbocycles. The first-order valence-corrected chi connectivity index (χ1v) is 8.77. The van der Waals surface area contributed by atoms with Gasteiger partial charge in [-0.15, -0.1) is 0 Å². The third-order valence-corrected chi connectivity index (χ3v) is 3.66. The minimum Gasteiger partial charge on any atom is -0.273 e. The predicted octanol–water partition coefficient (Wildman–Crippen LogP) is 5.33. The molecule has 1 N–H and O–H groups in total. The van der Waals surface area contributed by atoms with Crippen molar-refractivity contribution >= 4 is 18.2 Å². The van der Waals surface area contributed by atoms with Crippen molar-refractivity contribution in [3.8, 4) is 0 Å². The zero-order chi connectivity index (χ0) is 16.8. The molecule has 0 atom stereocenters. The summed E-state index contributed by atoms with van der Waals surface area (Å²) in [5, 5.41) is 4.01. The maximum atomic E-state index is 11.7. The SMILES string of the molecule is CCCCCCCCCC(=O)N/N=C/C(C)=C/c1ccccc1. The second-order valence-electron chi connectivity index (χ2n) is 5.96. The lowest BCUT2D eigenvalue weighted by Gasteiger charge is -2.01. The normalized spacial score (nSPS) is 11.8. The topological polar surface area (TPSA) is 41.5 Å². The van der Waals surface area contributed by atoms with E-state index in [1.165, 1.54) is 32.1 Å². The summed E-state index contributed by atoms with van der Waals surface area (Å²) < 4.78 is 0. The molecular weight excluding hydrogens is 284 g/mol. The van der Waals surface area contributed by atoms with E-state index >= 15 is 0 Å². The van der Waals surface area contributed by atoms with Crippen molar-refractivity contribution in [2.24, 2.45) is 5.10 Å². The van der Waals surface area contributed by atoms with Crippen LogP contribution in [0.25, 0.3) is 6.08 Å². The van der Waals surface area contributed by atoms with E-state index < -0.39 is 0 Å². The Hall–Kier alpha value is -1.90. The third kappa shape index (κ3) is 10.5. The van der Waals surface area contributed by atoms with Gasteiger partial charge in [-0.25, -0.2) is 5.43 Å². The van der Waals surface area contributed by atoms with Gasteiger partial charge in [0.2, 0.25) is 5.91 Å². The zero-order valence-corrected chi connectivity index (χ0v) is 14.6. The van der Waals surface area contributed by atoms with Crippen molar-refractivity contribution in [2.75, 3.05) is 0 Å². The predicted molar refractivity (Wildman–Crippen MR) is 99.3 cm³/mol. The molecule has 23 heavy (non-hydrogen) atoms. The van der Waals surface area contributed by atoms with Crippen LogP contribution >= 0.6 is 0 Å². The number of carbonyl (C=O) groups excluding carboxylic acids is 1. The fraction of sp³-hybridized carbons (Fsp3) is 0.500. The van der Waals surface area contributed by atoms with Crippen molar-refractivity contribution in [3.05, 3.63) is 41.5 Å². The van der Waals surface area contributed by atoms with Crippen LogP contribution < -0.4 is 5.43 Å². The van der Waals surface area contributed by atoms with Gasteiger partial charge in [-0.1, -0.05) is 81.9 Å². The summed E-state index contributed by atoms with van der Waals surface area (Å²) in [5.74, 6) is 0.00215. The number of nitrogens with one attached hydrogen (secondary N) is 1. The number of allylic oxidation sites excluding steroid dienone is 1. The van der Waals surface area contributed by atoms with Gasteiger partial charge in [-0.3, -0.25) is 4.79 Å². The highest BCUT2D eigenvalue weighted by molar-refractivity contribution is 5.86. The molecule has 0 bridgehead atoms. The minimum atomic E-state index is 0.00215. The Kier molecular flexibility index (Phi) is 10.5. The van der Waals surface area contributed by atoms with E-state index in [4.69, 9.17) is 0 Å². The van der Waals surface area contributed by atoms with Crippen LogP contribution in [0.1, 0.15) is 70.8 Å². The third-order valence-electron chi connectivity index (χ3n) is 3.66. The van der Waals surface area contributed by atoms with Gasteiger partial charge in [0.15, 0.2) is 0 Å². The van der Waals surface area contributed by atoms with Crippen LogP contribution in [0.2, 0.25) is 0 Å². The van der Waals surface area contributed by atoms with Crippen LogP contribution in [0.5, 0.6) is 0 Å². The molecule has 3 nitrogen and oxygen atoms in total. The largest absolute Gasteiger partial charge is 0.273 e. The average Bonchev–Trinajstić information content (AvgIpc) is 2.55. The lowest BCUT2D eigenvalue weighted by molar-refractivity contribution is -0.121. The van der Waals surface area contributed by atoms with Gasteiger partial charge in [0.25, 0.3) is 0 Å². The first-order chi connectivity index (χ1) is 11.2. The Balaban J connectivity index is 2.14. The Morgan fingerprint density at radius 3 is 2.39 bits per heavy atom. The first-order valence-electron chi connectivity index (χ1n) is 8.77. The average molecular weight is 314 g/mol. The lowest BCUT2D eigenvalue weighted by Crippen LogP contribution is -2.16. The molecule has 0 aliphatic heterocycles. The molecule has 126 valence electrons. The molecule has 1 amide bonds. The fourth-order valence-electron chi connectivity index (χ4n) is 2.35. The van der Waals surface area contributed by atoms with Gasteiger partial charge in [0, 0.05) is 6.42 Å². The van der Waals surface area contributed by atoms with Gasteiger partial charge < -0.3 is 0 Å². The quantitative estimate of drug-likeness (QED) is 0.334. The van der Waals surface area contributed by atoms with Crippen LogP contribution in [-0.4, -0.2) is 12.1 Å². The fourth-order valence-corrected chi connectivity index (χ4v) is 2.35. The molecule has 1 aromatic rings. The van der Waals surface area contributed by atoms with Crippen LogP contribution in [0.15, 0.2) is 41.0 Å². The molecule has 0 fully saturated rings. The standard InChI is InChI=1S/C20H30N2O/c1-3-4-5-6-7-8-12-15-20(23)22-21-17-18(2)16-19-13-10-9-11-14-19/h9-11,13-14,16-17H,3-8,12,15H2,1-2H3,(H,22,23)/b18-16+,21-17+. The Morgan fingerprint density at radius 1 is 1.04 bits per heavy atom. The molecule has 1 rings (SSSR count). The maximum Gasteiger partial charge on any atom is 0.240 e. The van der Waals surface area contributed by atoms with E-state index in [2.05, 4.69) is 17.5 Å². The van der Waals surface area contributed by atoms with E-state index in [0.717, 1.165) is 24.0 Å². The van der Waals surface area contributed by atoms with Crippen LogP contribution in [0.3, 0.4) is 0 Å². The molecule has 0 aromatic heterocycles. The van der Waals surface area contributed by atoms with Crippen LogP contribution in [-0.2, 0) is 4.79 Å². The van der Waals surface area contributed by atoms with Gasteiger partial charge >= 0.3 is 0 Å². The van der Waals surface area contributed by atoms with E-state index in [9.17, 15) is 4.79 Å². The summed E-state index contributed by atoms with van der Waals surface area (Å²) in [4.78, 5) is 11.7. The van der Waals surface area contributed by atoms with Crippen LogP contribution in [0, 0.1) is 0 Å². The summed E-state index contributed by atoms with van der Waals surface area (Å²) >= 11 is 0. The van der Waals surface area contributed by atoms with E-state index in [-0.39, 0.29) is 5.91 Å². The number of unbranched alkanes of at least 4 members (excludes halogenated alkanes) is 6. The molecule has 0 aliphatic rings. The second-order valence-corrected chi connectivity index (χ2v) is 5.96. The number of rotatable bonds is 11. The summed E-state index contributed by atoms with van der Waals surface area (Å²) in [6, 6.07) is 10.1. The van der Waals surface area contributed by atoms with Gasteiger partial charge in [0.05, 0.1) is 6.21 Å². The maximum absolute atomic E-state index is 11.7. The lowest BCUT2D eigenvalue weighted by atomic mass is 10.1. The number of benzene rings is 1. The molecule has 0 heterocycles. The van der Waals surface area contributed by atoms with Gasteiger partial charge in [0.1, 0.15) is 0 Å². The highest BCUT2D eigenvalue weighted by Gasteiger charge is 1.99. The molecule has 0 saturated heterocycles. The summed E-state index contributed by atoms with van der Waals surface area (Å²) in [7, 11) is 0. The molecule has 0 unspecified atom stereocenters. The van der Waals surface area contributed by atoms with Crippen molar-refractivity contribution in [2.45, 2.75) is 65.2 Å². The van der Waals surface area contributed by atoms with Crippen LogP contribution in [0.4, 0.5) is 0 Å². The van der Waals surface area contributed by atoms with Crippen molar-refractivity contribution in [1.82, 2.24) is 5.43 Å². The van der Waals surface area contributed by atoms with E-state index in [1.807, 2.05) is 43.3 Å². The molecule has 1 aromatic carbocycles. The van der Waals surface area contributed by atoms with Crippen molar-refractivity contribution in [3.63, 3.8) is 0 Å². The highest BCUT2D eigenvalue weighted by atomic mass is 16.2.